The van der Waals surface area contributed by atoms with Crippen LogP contribution in [-0.4, -0.2) is 26.4 Å². The van der Waals surface area contributed by atoms with Gasteiger partial charge in [-0.1, -0.05) is 6.07 Å². The molecule has 0 radical (unpaired) electrons. The van der Waals surface area contributed by atoms with Crippen LogP contribution < -0.4 is 20.7 Å². The molecule has 9 nitrogen and oxygen atoms in total. The Kier molecular flexibility index (Phi) is 6.58. The average Bonchev–Trinajstić information content (AvgIpc) is 3.17. The van der Waals surface area contributed by atoms with Crippen LogP contribution in [0.5, 0.6) is 17.2 Å². The minimum atomic E-state index is -4.92. The van der Waals surface area contributed by atoms with Gasteiger partial charge in [0.2, 0.25) is 5.75 Å². The lowest BCUT2D eigenvalue weighted by atomic mass is 10.0. The van der Waals surface area contributed by atoms with Gasteiger partial charge in [-0.3, -0.25) is 9.36 Å². The third-order valence-corrected chi connectivity index (χ3v) is 5.45. The van der Waals surface area contributed by atoms with Crippen molar-refractivity contribution in [3.05, 3.63) is 92.3 Å². The minimum absolute atomic E-state index is 0.0436. The molecule has 1 N–H and O–H groups in total. The highest BCUT2D eigenvalue weighted by molar-refractivity contribution is 5.69. The summed E-state index contributed by atoms with van der Waals surface area (Å²) in [5.41, 5.74) is -2.22. The maximum atomic E-state index is 13.9. The zero-order valence-corrected chi connectivity index (χ0v) is 19.3. The van der Waals surface area contributed by atoms with Gasteiger partial charge in [0.15, 0.2) is 17.3 Å². The van der Waals surface area contributed by atoms with Crippen LogP contribution in [0.3, 0.4) is 0 Å². The lowest BCUT2D eigenvalue weighted by Crippen LogP contribution is -2.26. The molecule has 37 heavy (non-hydrogen) atoms. The number of aromatic nitrogens is 4. The lowest BCUT2D eigenvalue weighted by molar-refractivity contribution is -0.138. The Morgan fingerprint density at radius 3 is 2.46 bits per heavy atom. The number of alkyl halides is 3. The highest BCUT2D eigenvalue weighted by Gasteiger charge is 2.37. The number of hydrogen-bond donors (Lipinski definition) is 1. The molecule has 190 valence electrons. The van der Waals surface area contributed by atoms with Gasteiger partial charge in [0.05, 0.1) is 25.3 Å². The van der Waals surface area contributed by atoms with Crippen LogP contribution in [0.4, 0.5) is 17.6 Å². The third-order valence-electron chi connectivity index (χ3n) is 5.45. The highest BCUT2D eigenvalue weighted by atomic mass is 19.4. The van der Waals surface area contributed by atoms with Crippen molar-refractivity contribution >= 4 is 0 Å². The number of hydrogen-bond acceptors (Lipinski definition) is 6. The Labute approximate surface area is 205 Å². The van der Waals surface area contributed by atoms with Gasteiger partial charge in [-0.05, 0) is 47.5 Å². The number of aromatic amines is 1. The first-order valence-electron chi connectivity index (χ1n) is 10.5. The summed E-state index contributed by atoms with van der Waals surface area (Å²) in [6.45, 7) is -0.306. The van der Waals surface area contributed by atoms with Gasteiger partial charge in [0.25, 0.3) is 5.56 Å². The molecule has 2 heterocycles. The van der Waals surface area contributed by atoms with Gasteiger partial charge in [-0.15, -0.1) is 0 Å². The quantitative estimate of drug-likeness (QED) is 0.391. The van der Waals surface area contributed by atoms with E-state index < -0.39 is 34.6 Å². The standard InChI is InChI=1S/C24H17F4N5O4/c1-32-20(30-31-23(32)35)12-33-6-5-17(24(26,27)28)21(22(33)34)37-18-4-3-14(10-19(18)36-2)15-7-13(11-29)8-16(25)9-15/h3-10H,12H2,1-2H3,(H,31,35). The number of methoxy groups -OCH3 is 1. The Morgan fingerprint density at radius 1 is 1.08 bits per heavy atom. The van der Waals surface area contributed by atoms with Gasteiger partial charge in [-0.2, -0.15) is 23.5 Å². The molecule has 0 spiro atoms. The maximum Gasteiger partial charge on any atom is 0.420 e. The molecule has 0 bridgehead atoms. The number of ether oxygens (including phenoxy) is 2. The normalized spacial score (nSPS) is 11.3. The second-order valence-electron chi connectivity index (χ2n) is 7.80. The molecule has 0 unspecified atom stereocenters. The van der Waals surface area contributed by atoms with Gasteiger partial charge in [0, 0.05) is 13.2 Å². The fraction of sp³-hybridized carbons (Fsp3) is 0.167. The maximum absolute atomic E-state index is 13.9. The van der Waals surface area contributed by atoms with Gasteiger partial charge in [0.1, 0.15) is 11.4 Å². The molecule has 0 saturated carbocycles. The summed E-state index contributed by atoms with van der Waals surface area (Å²) >= 11 is 0. The van der Waals surface area contributed by atoms with Crippen LogP contribution in [0.2, 0.25) is 0 Å². The zero-order chi connectivity index (χ0) is 26.9. The highest BCUT2D eigenvalue weighted by Crippen LogP contribution is 2.40. The molecule has 4 aromatic rings. The van der Waals surface area contributed by atoms with Crippen LogP contribution >= 0.6 is 0 Å². The first-order chi connectivity index (χ1) is 17.5. The van der Waals surface area contributed by atoms with E-state index >= 15 is 0 Å². The second kappa shape index (κ2) is 9.65. The molecule has 2 aromatic heterocycles. The Balaban J connectivity index is 1.78. The summed E-state index contributed by atoms with van der Waals surface area (Å²) in [5, 5.41) is 15.0. The number of benzene rings is 2. The Hall–Kier alpha value is -4.86. The molecular formula is C24H17F4N5O4. The monoisotopic (exact) mass is 515 g/mol. The smallest absolute Gasteiger partial charge is 0.420 e. The third kappa shape index (κ3) is 5.08. The van der Waals surface area contributed by atoms with E-state index in [0.29, 0.717) is 17.2 Å². The van der Waals surface area contributed by atoms with Crippen molar-refractivity contribution in [1.82, 2.24) is 19.3 Å². The van der Waals surface area contributed by atoms with E-state index in [-0.39, 0.29) is 29.4 Å². The molecule has 2 aromatic carbocycles. The van der Waals surface area contributed by atoms with Crippen LogP contribution in [0.25, 0.3) is 11.1 Å². The number of nitrogens with one attached hydrogen (secondary N) is 1. The van der Waals surface area contributed by atoms with Crippen LogP contribution in [0, 0.1) is 17.1 Å². The Morgan fingerprint density at radius 2 is 1.84 bits per heavy atom. The van der Waals surface area contributed by atoms with Crippen molar-refractivity contribution < 1.29 is 27.0 Å². The summed E-state index contributed by atoms with van der Waals surface area (Å²) in [4.78, 5) is 24.7. The van der Waals surface area contributed by atoms with E-state index in [9.17, 15) is 27.2 Å². The predicted octanol–water partition coefficient (Wildman–Crippen LogP) is 3.82. The van der Waals surface area contributed by atoms with Gasteiger partial charge < -0.3 is 14.0 Å². The van der Waals surface area contributed by atoms with Crippen LogP contribution in [0.1, 0.15) is 17.0 Å². The first kappa shape index (κ1) is 25.2. The lowest BCUT2D eigenvalue weighted by Gasteiger charge is -2.17. The van der Waals surface area contributed by atoms with Gasteiger partial charge in [-0.25, -0.2) is 14.3 Å². The number of pyridine rings is 1. The number of rotatable bonds is 6. The van der Waals surface area contributed by atoms with Crippen LogP contribution in [-0.2, 0) is 19.8 Å². The van der Waals surface area contributed by atoms with Gasteiger partial charge >= 0.3 is 11.9 Å². The zero-order valence-electron chi connectivity index (χ0n) is 19.3. The molecule has 0 saturated heterocycles. The molecule has 0 fully saturated rings. The fourth-order valence-corrected chi connectivity index (χ4v) is 3.54. The summed E-state index contributed by atoms with van der Waals surface area (Å²) < 4.78 is 67.9. The number of nitriles is 1. The van der Waals surface area contributed by atoms with E-state index in [4.69, 9.17) is 14.7 Å². The number of nitrogens with zero attached hydrogens (tertiary/aromatic N) is 4. The van der Waals surface area contributed by atoms with Crippen molar-refractivity contribution in [2.45, 2.75) is 12.7 Å². The van der Waals surface area contributed by atoms with Crippen molar-refractivity contribution in [2.75, 3.05) is 7.11 Å². The van der Waals surface area contributed by atoms with E-state index in [1.54, 1.807) is 0 Å². The van der Waals surface area contributed by atoms with E-state index in [1.165, 1.54) is 44.5 Å². The van der Waals surface area contributed by atoms with E-state index in [2.05, 4.69) is 10.2 Å². The summed E-state index contributed by atoms with van der Waals surface area (Å²) in [7, 11) is 2.63. The largest absolute Gasteiger partial charge is 0.493 e. The molecule has 0 aliphatic carbocycles. The summed E-state index contributed by atoms with van der Waals surface area (Å²) in [6, 6.07) is 10.2. The van der Waals surface area contributed by atoms with E-state index in [0.717, 1.165) is 21.4 Å². The predicted molar refractivity (Wildman–Crippen MR) is 122 cm³/mol. The topological polar surface area (TPSA) is 115 Å². The van der Waals surface area contributed by atoms with Crippen molar-refractivity contribution in [3.63, 3.8) is 0 Å². The van der Waals surface area contributed by atoms with Crippen molar-refractivity contribution in [3.8, 4) is 34.4 Å². The minimum Gasteiger partial charge on any atom is -0.493 e. The molecular weight excluding hydrogens is 498 g/mol. The molecule has 0 atom stereocenters. The number of H-pyrrole nitrogens is 1. The molecule has 0 amide bonds. The SMILES string of the molecule is COc1cc(-c2cc(F)cc(C#N)c2)ccc1Oc1c(C(F)(F)F)ccn(Cc2n[nH]c(=O)n2C)c1=O. The number of halogens is 4. The summed E-state index contributed by atoms with van der Waals surface area (Å²) in [5.74, 6) is -1.82. The molecule has 0 aliphatic rings. The Bertz CT molecular complexity index is 1650. The molecule has 0 aliphatic heterocycles. The fourth-order valence-electron chi connectivity index (χ4n) is 3.54. The summed E-state index contributed by atoms with van der Waals surface area (Å²) in [6.07, 6.45) is -4.00. The van der Waals surface area contributed by atoms with Crippen molar-refractivity contribution in [2.24, 2.45) is 7.05 Å². The average molecular weight is 515 g/mol. The molecule has 13 heteroatoms. The first-order valence-corrected chi connectivity index (χ1v) is 10.5. The van der Waals surface area contributed by atoms with Crippen molar-refractivity contribution in [1.29, 1.82) is 5.26 Å². The molecule has 4 rings (SSSR count). The van der Waals surface area contributed by atoms with E-state index in [1.807, 2.05) is 6.07 Å². The second-order valence-corrected chi connectivity index (χ2v) is 7.80. The van der Waals surface area contributed by atoms with Crippen LogP contribution in [0.15, 0.2) is 58.3 Å².